The molecule has 2 amide bonds. The molecule has 0 unspecified atom stereocenters. The van der Waals surface area contributed by atoms with Crippen molar-refractivity contribution in [2.45, 2.75) is 0 Å². The van der Waals surface area contributed by atoms with Crippen LogP contribution in [0, 0.1) is 11.3 Å². The molecule has 150 valence electrons. The largest absolute Gasteiger partial charge is 0.459 e. The first-order valence-corrected chi connectivity index (χ1v) is 8.96. The van der Waals surface area contributed by atoms with Crippen molar-refractivity contribution in [1.82, 2.24) is 0 Å². The Kier molecular flexibility index (Phi) is 6.47. The van der Waals surface area contributed by atoms with E-state index >= 15 is 0 Å². The lowest BCUT2D eigenvalue weighted by Crippen LogP contribution is -2.22. The van der Waals surface area contributed by atoms with E-state index in [0.717, 1.165) is 0 Å². The van der Waals surface area contributed by atoms with Gasteiger partial charge in [0.15, 0.2) is 12.4 Å². The van der Waals surface area contributed by atoms with Gasteiger partial charge < -0.3 is 19.8 Å². The molecule has 3 aromatic rings. The van der Waals surface area contributed by atoms with Crippen molar-refractivity contribution in [3.05, 3.63) is 82.8 Å². The Morgan fingerprint density at radius 3 is 2.57 bits per heavy atom. The van der Waals surface area contributed by atoms with Gasteiger partial charge in [-0.15, -0.1) is 0 Å². The first-order valence-electron chi connectivity index (χ1n) is 8.58. The van der Waals surface area contributed by atoms with Crippen molar-refractivity contribution < 1.29 is 23.5 Å². The number of anilines is 2. The summed E-state index contributed by atoms with van der Waals surface area (Å²) in [6, 6.07) is 15.5. The second kappa shape index (κ2) is 9.41. The van der Waals surface area contributed by atoms with E-state index < -0.39 is 24.4 Å². The molecule has 0 bridgehead atoms. The smallest absolute Gasteiger partial charge is 0.340 e. The SMILES string of the molecule is N#Cc1ccc(NC(=O)COC(=O)c2ccccc2NC(=O)c2ccco2)cc1Cl. The highest BCUT2D eigenvalue weighted by molar-refractivity contribution is 6.32. The highest BCUT2D eigenvalue weighted by atomic mass is 35.5. The monoisotopic (exact) mass is 423 g/mol. The quantitative estimate of drug-likeness (QED) is 0.581. The summed E-state index contributed by atoms with van der Waals surface area (Å²) in [5.74, 6) is -1.84. The van der Waals surface area contributed by atoms with Crippen LogP contribution in [0.1, 0.15) is 26.5 Å². The van der Waals surface area contributed by atoms with Gasteiger partial charge in [-0.25, -0.2) is 4.79 Å². The van der Waals surface area contributed by atoms with Gasteiger partial charge >= 0.3 is 5.97 Å². The van der Waals surface area contributed by atoms with Gasteiger partial charge in [0.1, 0.15) is 6.07 Å². The number of benzene rings is 2. The van der Waals surface area contributed by atoms with Crippen molar-refractivity contribution in [1.29, 1.82) is 5.26 Å². The Morgan fingerprint density at radius 2 is 1.87 bits per heavy atom. The number of amides is 2. The van der Waals surface area contributed by atoms with Gasteiger partial charge in [0.05, 0.1) is 28.1 Å². The predicted octanol–water partition coefficient (Wildman–Crippen LogP) is 3.85. The lowest BCUT2D eigenvalue weighted by atomic mass is 10.1. The molecular weight excluding hydrogens is 410 g/mol. The molecule has 0 radical (unpaired) electrons. The van der Waals surface area contributed by atoms with Crippen molar-refractivity contribution >= 4 is 40.8 Å². The van der Waals surface area contributed by atoms with Crippen LogP contribution in [0.2, 0.25) is 5.02 Å². The van der Waals surface area contributed by atoms with Crippen molar-refractivity contribution in [3.63, 3.8) is 0 Å². The Hall–Kier alpha value is -4.09. The molecule has 2 N–H and O–H groups in total. The molecule has 2 aromatic carbocycles. The molecular formula is C21H14ClN3O5. The van der Waals surface area contributed by atoms with Crippen molar-refractivity contribution in [3.8, 4) is 6.07 Å². The second-order valence-electron chi connectivity index (χ2n) is 5.91. The number of nitriles is 1. The number of rotatable bonds is 6. The Balaban J connectivity index is 1.61. The van der Waals surface area contributed by atoms with Crippen LogP contribution in [0.3, 0.4) is 0 Å². The van der Waals surface area contributed by atoms with E-state index in [9.17, 15) is 14.4 Å². The van der Waals surface area contributed by atoms with Crippen LogP contribution in [0.4, 0.5) is 11.4 Å². The van der Waals surface area contributed by atoms with E-state index in [-0.39, 0.29) is 27.6 Å². The summed E-state index contributed by atoms with van der Waals surface area (Å²) in [6.45, 7) is -0.559. The van der Waals surface area contributed by atoms with Crippen molar-refractivity contribution in [2.75, 3.05) is 17.2 Å². The molecule has 3 rings (SSSR count). The predicted molar refractivity (Wildman–Crippen MR) is 108 cm³/mol. The number of hydrogen-bond donors (Lipinski definition) is 2. The van der Waals surface area contributed by atoms with E-state index in [1.54, 1.807) is 18.2 Å². The van der Waals surface area contributed by atoms with E-state index in [0.29, 0.717) is 5.69 Å². The van der Waals surface area contributed by atoms with E-state index in [1.165, 1.54) is 42.7 Å². The van der Waals surface area contributed by atoms with E-state index in [4.69, 9.17) is 26.0 Å². The van der Waals surface area contributed by atoms with Gasteiger partial charge in [-0.05, 0) is 42.5 Å². The third kappa shape index (κ3) is 5.04. The summed E-state index contributed by atoms with van der Waals surface area (Å²) in [5.41, 5.74) is 0.912. The van der Waals surface area contributed by atoms with Gasteiger partial charge in [0, 0.05) is 5.69 Å². The standard InChI is InChI=1S/C21H14ClN3O5/c22-16-10-14(8-7-13(16)11-23)24-19(26)12-30-21(28)15-4-1-2-5-17(15)25-20(27)18-6-3-9-29-18/h1-10H,12H2,(H,24,26)(H,25,27). The minimum Gasteiger partial charge on any atom is -0.459 e. The third-order valence-corrected chi connectivity index (χ3v) is 4.16. The maximum atomic E-state index is 12.4. The molecule has 0 saturated heterocycles. The number of halogens is 1. The zero-order chi connectivity index (χ0) is 21.5. The average molecular weight is 424 g/mol. The summed E-state index contributed by atoms with van der Waals surface area (Å²) in [4.78, 5) is 36.6. The van der Waals surface area contributed by atoms with Gasteiger partial charge in [0.25, 0.3) is 11.8 Å². The number of carbonyl (C=O) groups is 3. The normalized spacial score (nSPS) is 10.0. The molecule has 8 nitrogen and oxygen atoms in total. The van der Waals surface area contributed by atoms with Crippen LogP contribution < -0.4 is 10.6 Å². The molecule has 9 heteroatoms. The minimum atomic E-state index is -0.793. The highest BCUT2D eigenvalue weighted by Crippen LogP contribution is 2.20. The summed E-state index contributed by atoms with van der Waals surface area (Å²) < 4.78 is 10.1. The second-order valence-corrected chi connectivity index (χ2v) is 6.31. The first-order chi connectivity index (χ1) is 14.5. The molecule has 0 spiro atoms. The first kappa shape index (κ1) is 20.6. The van der Waals surface area contributed by atoms with Crippen LogP contribution in [-0.2, 0) is 9.53 Å². The van der Waals surface area contributed by atoms with Crippen LogP contribution in [0.5, 0.6) is 0 Å². The molecule has 1 heterocycles. The minimum absolute atomic E-state index is 0.0756. The van der Waals surface area contributed by atoms with E-state index in [2.05, 4.69) is 10.6 Å². The number of carbonyl (C=O) groups excluding carboxylic acids is 3. The maximum absolute atomic E-state index is 12.4. The van der Waals surface area contributed by atoms with Crippen LogP contribution in [-0.4, -0.2) is 24.4 Å². The number of esters is 1. The molecule has 0 aliphatic rings. The summed E-state index contributed by atoms with van der Waals surface area (Å²) >= 11 is 5.92. The Labute approximate surface area is 176 Å². The molecule has 30 heavy (non-hydrogen) atoms. The highest BCUT2D eigenvalue weighted by Gasteiger charge is 2.17. The Morgan fingerprint density at radius 1 is 1.07 bits per heavy atom. The van der Waals surface area contributed by atoms with Crippen LogP contribution >= 0.6 is 11.6 Å². The third-order valence-electron chi connectivity index (χ3n) is 3.85. The van der Waals surface area contributed by atoms with Gasteiger partial charge in [-0.1, -0.05) is 23.7 Å². The summed E-state index contributed by atoms with van der Waals surface area (Å²) in [5, 5.41) is 14.1. The van der Waals surface area contributed by atoms with Gasteiger partial charge in [-0.2, -0.15) is 5.26 Å². The van der Waals surface area contributed by atoms with Crippen LogP contribution in [0.25, 0.3) is 0 Å². The van der Waals surface area contributed by atoms with E-state index in [1.807, 2.05) is 6.07 Å². The molecule has 0 aliphatic heterocycles. The Bertz CT molecular complexity index is 1140. The fourth-order valence-corrected chi connectivity index (χ4v) is 2.67. The molecule has 0 aliphatic carbocycles. The zero-order valence-electron chi connectivity index (χ0n) is 15.3. The lowest BCUT2D eigenvalue weighted by Gasteiger charge is -2.11. The van der Waals surface area contributed by atoms with Gasteiger partial charge in [0.2, 0.25) is 0 Å². The number of ether oxygens (including phenoxy) is 1. The number of nitrogens with one attached hydrogen (secondary N) is 2. The fraction of sp³-hybridized carbons (Fsp3) is 0.0476. The number of nitrogens with zero attached hydrogens (tertiary/aromatic N) is 1. The number of furan rings is 1. The molecule has 0 fully saturated rings. The summed E-state index contributed by atoms with van der Waals surface area (Å²) in [6.07, 6.45) is 1.36. The molecule has 0 saturated carbocycles. The number of hydrogen-bond acceptors (Lipinski definition) is 6. The molecule has 1 aromatic heterocycles. The average Bonchev–Trinajstić information content (AvgIpc) is 3.28. The topological polar surface area (TPSA) is 121 Å². The molecule has 0 atom stereocenters. The summed E-state index contributed by atoms with van der Waals surface area (Å²) in [7, 11) is 0. The fourth-order valence-electron chi connectivity index (χ4n) is 2.45. The maximum Gasteiger partial charge on any atom is 0.340 e. The van der Waals surface area contributed by atoms with Crippen molar-refractivity contribution in [2.24, 2.45) is 0 Å². The van der Waals surface area contributed by atoms with Gasteiger partial charge in [-0.3, -0.25) is 9.59 Å². The lowest BCUT2D eigenvalue weighted by molar-refractivity contribution is -0.119. The zero-order valence-corrected chi connectivity index (χ0v) is 16.1. The van der Waals surface area contributed by atoms with Crippen LogP contribution in [0.15, 0.2) is 65.3 Å². The number of para-hydroxylation sites is 1.